The van der Waals surface area contributed by atoms with E-state index >= 15 is 0 Å². The number of halogens is 3. The number of rotatable bonds is 7. The molecule has 3 amide bonds. The van der Waals surface area contributed by atoms with Crippen LogP contribution in [0.3, 0.4) is 0 Å². The zero-order valence-electron chi connectivity index (χ0n) is 17.3. The number of amides is 3. The first kappa shape index (κ1) is 22.3. The lowest BCUT2D eigenvalue weighted by Gasteiger charge is -2.27. The lowest BCUT2D eigenvalue weighted by atomic mass is 9.94. The van der Waals surface area contributed by atoms with Gasteiger partial charge in [-0.1, -0.05) is 36.4 Å². The summed E-state index contributed by atoms with van der Waals surface area (Å²) in [4.78, 5) is 39.2. The van der Waals surface area contributed by atoms with Crippen LogP contribution in [0.2, 0.25) is 0 Å². The maximum atomic E-state index is 12.9. The van der Waals surface area contributed by atoms with Gasteiger partial charge in [0.1, 0.15) is 5.75 Å². The largest absolute Gasteiger partial charge is 0.482 e. The van der Waals surface area contributed by atoms with Crippen molar-refractivity contribution in [3.8, 4) is 5.75 Å². The Morgan fingerprint density at radius 3 is 2.18 bits per heavy atom. The van der Waals surface area contributed by atoms with E-state index in [2.05, 4.69) is 5.32 Å². The van der Waals surface area contributed by atoms with E-state index in [1.807, 2.05) is 12.1 Å². The highest BCUT2D eigenvalue weighted by Crippen LogP contribution is 2.30. The zero-order chi connectivity index (χ0) is 23.6. The van der Waals surface area contributed by atoms with Crippen molar-refractivity contribution in [2.45, 2.75) is 19.0 Å². The molecule has 6 nitrogen and oxygen atoms in total. The number of hydrogen-bond donors (Lipinski definition) is 1. The van der Waals surface area contributed by atoms with Gasteiger partial charge in [0.2, 0.25) is 5.91 Å². The number of para-hydroxylation sites is 2. The standard InChI is InChI=1S/C24H19F3N2O4/c25-24(26,27)14-33-19-11-2-1-10-18(19)28-20(30)12-5-13-29-22(31)16-8-3-6-15-7-4-9-17(21(15)16)23(29)32/h1-4,6-11H,5,12-14H2,(H,28,30). The second-order valence-corrected chi connectivity index (χ2v) is 7.52. The Balaban J connectivity index is 1.38. The monoisotopic (exact) mass is 456 g/mol. The molecule has 0 fully saturated rings. The first-order valence-electron chi connectivity index (χ1n) is 10.2. The highest BCUT2D eigenvalue weighted by molar-refractivity contribution is 6.25. The first-order valence-corrected chi connectivity index (χ1v) is 10.2. The van der Waals surface area contributed by atoms with Crippen LogP contribution in [0.15, 0.2) is 60.7 Å². The number of benzene rings is 3. The van der Waals surface area contributed by atoms with E-state index < -0.39 is 30.5 Å². The molecule has 1 N–H and O–H groups in total. The number of hydrogen-bond acceptors (Lipinski definition) is 4. The topological polar surface area (TPSA) is 75.7 Å². The Kier molecular flexibility index (Phi) is 6.04. The molecule has 0 aromatic heterocycles. The number of anilines is 1. The number of imide groups is 1. The lowest BCUT2D eigenvalue weighted by molar-refractivity contribution is -0.153. The molecule has 0 unspecified atom stereocenters. The molecule has 0 atom stereocenters. The van der Waals surface area contributed by atoms with E-state index in [-0.39, 0.29) is 30.8 Å². The van der Waals surface area contributed by atoms with Crippen molar-refractivity contribution >= 4 is 34.2 Å². The third-order valence-corrected chi connectivity index (χ3v) is 5.19. The smallest absolute Gasteiger partial charge is 0.422 e. The number of nitrogens with one attached hydrogen (secondary N) is 1. The molecule has 3 aromatic rings. The van der Waals surface area contributed by atoms with Gasteiger partial charge < -0.3 is 10.1 Å². The molecule has 0 aliphatic carbocycles. The van der Waals surface area contributed by atoms with E-state index in [0.717, 1.165) is 10.3 Å². The quantitative estimate of drug-likeness (QED) is 0.519. The molecule has 9 heteroatoms. The fourth-order valence-corrected chi connectivity index (χ4v) is 3.75. The van der Waals surface area contributed by atoms with Crippen molar-refractivity contribution < 1.29 is 32.3 Å². The molecule has 0 saturated heterocycles. The lowest BCUT2D eigenvalue weighted by Crippen LogP contribution is -2.41. The number of alkyl halides is 3. The van der Waals surface area contributed by atoms with Crippen LogP contribution in [0.25, 0.3) is 10.8 Å². The highest BCUT2D eigenvalue weighted by Gasteiger charge is 2.32. The average Bonchev–Trinajstić information content (AvgIpc) is 2.78. The molecular formula is C24H19F3N2O4. The van der Waals surface area contributed by atoms with E-state index in [1.165, 1.54) is 18.2 Å². The number of nitrogens with zero attached hydrogens (tertiary/aromatic N) is 1. The van der Waals surface area contributed by atoms with Gasteiger partial charge in [0.15, 0.2) is 6.61 Å². The van der Waals surface area contributed by atoms with Gasteiger partial charge in [0.05, 0.1) is 5.69 Å². The summed E-state index contributed by atoms with van der Waals surface area (Å²) < 4.78 is 42.1. The number of carbonyl (C=O) groups is 3. The summed E-state index contributed by atoms with van der Waals surface area (Å²) in [5.41, 5.74) is 0.975. The fourth-order valence-electron chi connectivity index (χ4n) is 3.75. The van der Waals surface area contributed by atoms with Gasteiger partial charge in [0.25, 0.3) is 11.8 Å². The van der Waals surface area contributed by atoms with Crippen molar-refractivity contribution in [2.75, 3.05) is 18.5 Å². The molecule has 0 radical (unpaired) electrons. The second-order valence-electron chi connectivity index (χ2n) is 7.52. The summed E-state index contributed by atoms with van der Waals surface area (Å²) in [7, 11) is 0. The van der Waals surface area contributed by atoms with Crippen molar-refractivity contribution in [3.63, 3.8) is 0 Å². The van der Waals surface area contributed by atoms with Crippen LogP contribution >= 0.6 is 0 Å². The third kappa shape index (κ3) is 4.82. The third-order valence-electron chi connectivity index (χ3n) is 5.19. The van der Waals surface area contributed by atoms with Gasteiger partial charge in [-0.25, -0.2) is 0 Å². The van der Waals surface area contributed by atoms with E-state index in [1.54, 1.807) is 30.3 Å². The van der Waals surface area contributed by atoms with Gasteiger partial charge in [-0.3, -0.25) is 19.3 Å². The number of ether oxygens (including phenoxy) is 1. The van der Waals surface area contributed by atoms with Crippen molar-refractivity contribution in [1.29, 1.82) is 0 Å². The summed E-state index contributed by atoms with van der Waals surface area (Å²) in [5.74, 6) is -1.42. The van der Waals surface area contributed by atoms with Crippen LogP contribution in [0.1, 0.15) is 33.6 Å². The van der Waals surface area contributed by atoms with Gasteiger partial charge in [-0.05, 0) is 36.1 Å². The summed E-state index contributed by atoms with van der Waals surface area (Å²) in [6.07, 6.45) is -4.36. The minimum Gasteiger partial charge on any atom is -0.482 e. The fraction of sp³-hybridized carbons (Fsp3) is 0.208. The van der Waals surface area contributed by atoms with Gasteiger partial charge in [0, 0.05) is 29.5 Å². The van der Waals surface area contributed by atoms with Crippen LogP contribution in [-0.4, -0.2) is 41.9 Å². The van der Waals surface area contributed by atoms with Gasteiger partial charge in [-0.2, -0.15) is 13.2 Å². The zero-order valence-corrected chi connectivity index (χ0v) is 17.3. The predicted molar refractivity (Wildman–Crippen MR) is 115 cm³/mol. The summed E-state index contributed by atoms with van der Waals surface area (Å²) in [6, 6.07) is 16.3. The molecule has 0 bridgehead atoms. The van der Waals surface area contributed by atoms with Crippen molar-refractivity contribution in [1.82, 2.24) is 4.90 Å². The van der Waals surface area contributed by atoms with Crippen molar-refractivity contribution in [2.24, 2.45) is 0 Å². The molecule has 1 aliphatic heterocycles. The van der Waals surface area contributed by atoms with E-state index in [9.17, 15) is 27.6 Å². The van der Waals surface area contributed by atoms with Crippen LogP contribution < -0.4 is 10.1 Å². The Hall–Kier alpha value is -3.88. The molecule has 0 spiro atoms. The molecule has 3 aromatic carbocycles. The molecule has 0 saturated carbocycles. The average molecular weight is 456 g/mol. The molecule has 33 heavy (non-hydrogen) atoms. The Labute approximate surface area is 186 Å². The predicted octanol–water partition coefficient (Wildman–Crippen LogP) is 4.80. The summed E-state index contributed by atoms with van der Waals surface area (Å²) in [6.45, 7) is -1.45. The maximum Gasteiger partial charge on any atom is 0.422 e. The Bertz CT molecular complexity index is 1190. The molecule has 1 aliphatic rings. The maximum absolute atomic E-state index is 12.9. The van der Waals surface area contributed by atoms with E-state index in [0.29, 0.717) is 16.5 Å². The Morgan fingerprint density at radius 2 is 1.55 bits per heavy atom. The van der Waals surface area contributed by atoms with Gasteiger partial charge >= 0.3 is 6.18 Å². The summed E-state index contributed by atoms with van der Waals surface area (Å²) >= 11 is 0. The normalized spacial score (nSPS) is 13.4. The molecule has 170 valence electrons. The first-order chi connectivity index (χ1) is 15.7. The molecule has 1 heterocycles. The molecule has 4 rings (SSSR count). The van der Waals surface area contributed by atoms with Crippen LogP contribution in [0, 0.1) is 0 Å². The Morgan fingerprint density at radius 1 is 0.909 bits per heavy atom. The highest BCUT2D eigenvalue weighted by atomic mass is 19.4. The SMILES string of the molecule is O=C(CCCN1C(=O)c2cccc3cccc(c23)C1=O)Nc1ccccc1OCC(F)(F)F. The van der Waals surface area contributed by atoms with Crippen molar-refractivity contribution in [3.05, 3.63) is 71.8 Å². The second kappa shape index (κ2) is 8.93. The van der Waals surface area contributed by atoms with Crippen LogP contribution in [0.4, 0.5) is 18.9 Å². The van der Waals surface area contributed by atoms with Crippen LogP contribution in [-0.2, 0) is 4.79 Å². The summed E-state index contributed by atoms with van der Waals surface area (Å²) in [5, 5.41) is 3.95. The van der Waals surface area contributed by atoms with Crippen LogP contribution in [0.5, 0.6) is 5.75 Å². The van der Waals surface area contributed by atoms with Gasteiger partial charge in [-0.15, -0.1) is 0 Å². The minimum atomic E-state index is -4.51. The molecular weight excluding hydrogens is 437 g/mol. The minimum absolute atomic E-state index is 0.0298. The van der Waals surface area contributed by atoms with E-state index in [4.69, 9.17) is 4.74 Å². The number of carbonyl (C=O) groups excluding carboxylic acids is 3.